The van der Waals surface area contributed by atoms with Gasteiger partial charge in [-0.2, -0.15) is 0 Å². The van der Waals surface area contributed by atoms with Crippen LogP contribution in [0.5, 0.6) is 0 Å². The first kappa shape index (κ1) is 12.0. The molecular formula is C12H25NO. The van der Waals surface area contributed by atoms with E-state index >= 15 is 0 Å². The minimum absolute atomic E-state index is 0.547. The van der Waals surface area contributed by atoms with E-state index in [1.54, 1.807) is 0 Å². The Morgan fingerprint density at radius 1 is 1.29 bits per heavy atom. The van der Waals surface area contributed by atoms with E-state index in [0.29, 0.717) is 0 Å². The van der Waals surface area contributed by atoms with Crippen LogP contribution in [-0.2, 0) is 0 Å². The number of aliphatic hydroxyl groups is 1. The van der Waals surface area contributed by atoms with Crippen molar-refractivity contribution in [2.75, 3.05) is 19.6 Å². The predicted octanol–water partition coefficient (Wildman–Crippen LogP) is 2.27. The van der Waals surface area contributed by atoms with Crippen molar-refractivity contribution >= 4 is 0 Å². The highest BCUT2D eigenvalue weighted by molar-refractivity contribution is 4.76. The van der Waals surface area contributed by atoms with Gasteiger partial charge in [0.15, 0.2) is 0 Å². The van der Waals surface area contributed by atoms with E-state index in [-0.39, 0.29) is 0 Å². The normalized spacial score (nSPS) is 19.5. The molecule has 2 heteroatoms. The molecule has 1 rings (SSSR count). The zero-order valence-electron chi connectivity index (χ0n) is 9.92. The van der Waals surface area contributed by atoms with E-state index in [4.69, 9.17) is 0 Å². The summed E-state index contributed by atoms with van der Waals surface area (Å²) in [6.07, 6.45) is 5.60. The third kappa shape index (κ3) is 4.43. The minimum Gasteiger partial charge on any atom is -0.389 e. The summed E-state index contributed by atoms with van der Waals surface area (Å²) < 4.78 is 0. The van der Waals surface area contributed by atoms with Crippen LogP contribution < -0.4 is 0 Å². The molecular weight excluding hydrogens is 174 g/mol. The summed E-state index contributed by atoms with van der Waals surface area (Å²) in [7, 11) is 0. The maximum Gasteiger partial charge on any atom is 0.0718 e. The van der Waals surface area contributed by atoms with Crippen molar-refractivity contribution in [3.05, 3.63) is 0 Å². The molecule has 0 saturated heterocycles. The molecule has 1 saturated carbocycles. The standard InChI is InChI=1S/C12H25NO/c1-4-13(10-12(2,3)14)9-11-7-5-6-8-11/h11,14H,4-10H2,1-3H3. The molecule has 0 aliphatic heterocycles. The molecule has 2 nitrogen and oxygen atoms in total. The van der Waals surface area contributed by atoms with E-state index in [0.717, 1.165) is 19.0 Å². The lowest BCUT2D eigenvalue weighted by Gasteiger charge is -2.29. The van der Waals surface area contributed by atoms with Crippen LogP contribution in [0, 0.1) is 5.92 Å². The highest BCUT2D eigenvalue weighted by atomic mass is 16.3. The van der Waals surface area contributed by atoms with Gasteiger partial charge in [0.2, 0.25) is 0 Å². The highest BCUT2D eigenvalue weighted by Gasteiger charge is 2.22. The second-order valence-electron chi connectivity index (χ2n) is 5.29. The Bertz CT molecular complexity index is 156. The van der Waals surface area contributed by atoms with Gasteiger partial charge in [0.25, 0.3) is 0 Å². The summed E-state index contributed by atoms with van der Waals surface area (Å²) >= 11 is 0. The number of likely N-dealkylation sites (N-methyl/N-ethyl adjacent to an activating group) is 1. The van der Waals surface area contributed by atoms with Crippen molar-refractivity contribution in [2.45, 2.75) is 52.1 Å². The van der Waals surface area contributed by atoms with Gasteiger partial charge in [0.05, 0.1) is 5.60 Å². The van der Waals surface area contributed by atoms with Crippen molar-refractivity contribution in [3.8, 4) is 0 Å². The molecule has 0 heterocycles. The van der Waals surface area contributed by atoms with Gasteiger partial charge < -0.3 is 10.0 Å². The first-order chi connectivity index (χ1) is 6.51. The smallest absolute Gasteiger partial charge is 0.0718 e. The lowest BCUT2D eigenvalue weighted by molar-refractivity contribution is 0.0331. The van der Waals surface area contributed by atoms with Gasteiger partial charge in [0, 0.05) is 13.1 Å². The van der Waals surface area contributed by atoms with E-state index in [2.05, 4.69) is 11.8 Å². The third-order valence-electron chi connectivity index (χ3n) is 3.05. The van der Waals surface area contributed by atoms with Crippen LogP contribution in [-0.4, -0.2) is 35.2 Å². The molecule has 14 heavy (non-hydrogen) atoms. The fourth-order valence-corrected chi connectivity index (χ4v) is 2.41. The highest BCUT2D eigenvalue weighted by Crippen LogP contribution is 2.25. The Kier molecular flexibility index (Phi) is 4.39. The zero-order valence-corrected chi connectivity index (χ0v) is 9.92. The van der Waals surface area contributed by atoms with Gasteiger partial charge in [-0.05, 0) is 39.2 Å². The van der Waals surface area contributed by atoms with Crippen molar-refractivity contribution in [1.29, 1.82) is 0 Å². The number of hydrogen-bond donors (Lipinski definition) is 1. The number of rotatable bonds is 5. The van der Waals surface area contributed by atoms with Gasteiger partial charge >= 0.3 is 0 Å². The topological polar surface area (TPSA) is 23.5 Å². The van der Waals surface area contributed by atoms with Gasteiger partial charge in [-0.25, -0.2) is 0 Å². The van der Waals surface area contributed by atoms with Crippen LogP contribution in [0.4, 0.5) is 0 Å². The monoisotopic (exact) mass is 199 g/mol. The van der Waals surface area contributed by atoms with Gasteiger partial charge in [0.1, 0.15) is 0 Å². The maximum atomic E-state index is 9.75. The third-order valence-corrected chi connectivity index (χ3v) is 3.05. The summed E-state index contributed by atoms with van der Waals surface area (Å²) in [5.41, 5.74) is -0.547. The molecule has 0 bridgehead atoms. The average Bonchev–Trinajstić information content (AvgIpc) is 2.53. The fraction of sp³-hybridized carbons (Fsp3) is 1.00. The molecule has 1 aliphatic carbocycles. The van der Waals surface area contributed by atoms with Gasteiger partial charge in [-0.15, -0.1) is 0 Å². The molecule has 0 unspecified atom stereocenters. The molecule has 1 fully saturated rings. The Morgan fingerprint density at radius 3 is 2.29 bits per heavy atom. The molecule has 1 aliphatic rings. The molecule has 0 amide bonds. The van der Waals surface area contributed by atoms with Crippen LogP contribution in [0.1, 0.15) is 46.5 Å². The van der Waals surface area contributed by atoms with E-state index in [1.807, 2.05) is 13.8 Å². The second-order valence-corrected chi connectivity index (χ2v) is 5.29. The summed E-state index contributed by atoms with van der Waals surface area (Å²) in [5, 5.41) is 9.75. The average molecular weight is 199 g/mol. The van der Waals surface area contributed by atoms with E-state index < -0.39 is 5.60 Å². The summed E-state index contributed by atoms with van der Waals surface area (Å²) in [6, 6.07) is 0. The van der Waals surface area contributed by atoms with Crippen LogP contribution in [0.2, 0.25) is 0 Å². The molecule has 1 N–H and O–H groups in total. The Hall–Kier alpha value is -0.0800. The molecule has 0 aromatic rings. The molecule has 0 aromatic carbocycles. The first-order valence-corrected chi connectivity index (χ1v) is 5.96. The second kappa shape index (κ2) is 5.13. The Labute approximate surface area is 88.3 Å². The van der Waals surface area contributed by atoms with E-state index in [1.165, 1.54) is 32.2 Å². The van der Waals surface area contributed by atoms with Crippen molar-refractivity contribution in [3.63, 3.8) is 0 Å². The van der Waals surface area contributed by atoms with Crippen LogP contribution in [0.15, 0.2) is 0 Å². The lowest BCUT2D eigenvalue weighted by Crippen LogP contribution is -2.40. The van der Waals surface area contributed by atoms with Crippen molar-refractivity contribution in [1.82, 2.24) is 4.90 Å². The molecule has 84 valence electrons. The number of nitrogens with zero attached hydrogens (tertiary/aromatic N) is 1. The fourth-order valence-electron chi connectivity index (χ4n) is 2.41. The zero-order chi connectivity index (χ0) is 10.6. The van der Waals surface area contributed by atoms with Gasteiger partial charge in [-0.3, -0.25) is 0 Å². The quantitative estimate of drug-likeness (QED) is 0.734. The largest absolute Gasteiger partial charge is 0.389 e. The van der Waals surface area contributed by atoms with Crippen LogP contribution in [0.3, 0.4) is 0 Å². The number of hydrogen-bond acceptors (Lipinski definition) is 2. The molecule has 0 atom stereocenters. The lowest BCUT2D eigenvalue weighted by atomic mass is 10.1. The molecule has 0 spiro atoms. The van der Waals surface area contributed by atoms with Crippen LogP contribution in [0.25, 0.3) is 0 Å². The molecule has 0 radical (unpaired) electrons. The summed E-state index contributed by atoms with van der Waals surface area (Å²) in [4.78, 5) is 2.38. The maximum absolute atomic E-state index is 9.75. The van der Waals surface area contributed by atoms with Gasteiger partial charge in [-0.1, -0.05) is 19.8 Å². The first-order valence-electron chi connectivity index (χ1n) is 5.96. The molecule has 0 aromatic heterocycles. The van der Waals surface area contributed by atoms with Crippen molar-refractivity contribution in [2.24, 2.45) is 5.92 Å². The SMILES string of the molecule is CCN(CC1CCCC1)CC(C)(C)O. The Morgan fingerprint density at radius 2 is 1.86 bits per heavy atom. The minimum atomic E-state index is -0.547. The van der Waals surface area contributed by atoms with Crippen LogP contribution >= 0.6 is 0 Å². The summed E-state index contributed by atoms with van der Waals surface area (Å²) in [6.45, 7) is 9.01. The van der Waals surface area contributed by atoms with Crippen molar-refractivity contribution < 1.29 is 5.11 Å². The predicted molar refractivity (Wildman–Crippen MR) is 60.4 cm³/mol. The van der Waals surface area contributed by atoms with E-state index in [9.17, 15) is 5.11 Å². The Balaban J connectivity index is 2.30. The summed E-state index contributed by atoms with van der Waals surface area (Å²) in [5.74, 6) is 0.886.